The van der Waals surface area contributed by atoms with Gasteiger partial charge in [0.15, 0.2) is 5.78 Å². The average Bonchev–Trinajstić information content (AvgIpc) is 2.35. The van der Waals surface area contributed by atoms with E-state index in [1.807, 2.05) is 32.9 Å². The lowest BCUT2D eigenvalue weighted by Gasteiger charge is -2.34. The lowest BCUT2D eigenvalue weighted by Crippen LogP contribution is -2.35. The maximum Gasteiger partial charge on any atom is 0.187 e. The Hall–Kier alpha value is -0.890. The standard InChI is InChI=1S/C12H18O2.C3H8.C2H6/c1-5-6-9-8(2)11(14)10(13)7-12(9,3)4;1-3-2;1-2/h5-6,10,13H,7H2,1-4H3;3H2,1-2H3;1-2H3/b6-5+;;. The Balaban J connectivity index is 0. The van der Waals surface area contributed by atoms with E-state index in [0.717, 1.165) is 5.57 Å². The van der Waals surface area contributed by atoms with Crippen LogP contribution < -0.4 is 0 Å². The van der Waals surface area contributed by atoms with E-state index in [-0.39, 0.29) is 11.2 Å². The van der Waals surface area contributed by atoms with Crippen LogP contribution in [0.15, 0.2) is 23.3 Å². The fraction of sp³-hybridized carbons (Fsp3) is 0.706. The second-order valence-corrected chi connectivity index (χ2v) is 5.21. The zero-order chi connectivity index (χ0) is 15.6. The van der Waals surface area contributed by atoms with Gasteiger partial charge in [-0.25, -0.2) is 0 Å². The number of carbonyl (C=O) groups is 1. The summed E-state index contributed by atoms with van der Waals surface area (Å²) < 4.78 is 0. The van der Waals surface area contributed by atoms with Crippen molar-refractivity contribution in [2.45, 2.75) is 74.3 Å². The number of ketones is 1. The molecule has 0 saturated heterocycles. The summed E-state index contributed by atoms with van der Waals surface area (Å²) in [5.74, 6) is -0.127. The van der Waals surface area contributed by atoms with Crippen LogP contribution in [0.25, 0.3) is 0 Å². The molecule has 1 atom stereocenters. The minimum absolute atomic E-state index is 0.107. The molecule has 0 amide bonds. The molecule has 1 aliphatic carbocycles. The summed E-state index contributed by atoms with van der Waals surface area (Å²) in [6.07, 6.45) is 4.85. The Morgan fingerprint density at radius 1 is 1.32 bits per heavy atom. The highest BCUT2D eigenvalue weighted by molar-refractivity contribution is 6.00. The SMILES string of the molecule is C/C=C/C1=C(C)C(=O)C(O)CC1(C)C.CC.CCC. The van der Waals surface area contributed by atoms with E-state index in [0.29, 0.717) is 12.0 Å². The predicted molar refractivity (Wildman–Crippen MR) is 84.2 cm³/mol. The van der Waals surface area contributed by atoms with Crippen molar-refractivity contribution in [1.29, 1.82) is 0 Å². The Kier molecular flexibility index (Phi) is 10.7. The molecular formula is C17H32O2. The summed E-state index contributed by atoms with van der Waals surface area (Å²) in [5, 5.41) is 9.56. The molecule has 0 aliphatic heterocycles. The third-order valence-electron chi connectivity index (χ3n) is 2.84. The highest BCUT2D eigenvalue weighted by Crippen LogP contribution is 2.39. The summed E-state index contributed by atoms with van der Waals surface area (Å²) in [5.41, 5.74) is 1.64. The maximum atomic E-state index is 11.6. The van der Waals surface area contributed by atoms with Crippen LogP contribution >= 0.6 is 0 Å². The smallest absolute Gasteiger partial charge is 0.187 e. The van der Waals surface area contributed by atoms with Crippen molar-refractivity contribution in [3.8, 4) is 0 Å². The zero-order valence-electron chi connectivity index (χ0n) is 14.0. The van der Waals surface area contributed by atoms with E-state index in [1.165, 1.54) is 6.42 Å². The Morgan fingerprint density at radius 2 is 1.74 bits per heavy atom. The van der Waals surface area contributed by atoms with Gasteiger partial charge in [0.25, 0.3) is 0 Å². The maximum absolute atomic E-state index is 11.6. The van der Waals surface area contributed by atoms with Crippen molar-refractivity contribution in [2.75, 3.05) is 0 Å². The van der Waals surface area contributed by atoms with Crippen molar-refractivity contribution < 1.29 is 9.90 Å². The number of rotatable bonds is 1. The molecular weight excluding hydrogens is 236 g/mol. The molecule has 1 aliphatic rings. The Labute approximate surface area is 119 Å². The third-order valence-corrected chi connectivity index (χ3v) is 2.84. The summed E-state index contributed by atoms with van der Waals surface area (Å²) in [6, 6.07) is 0. The zero-order valence-corrected chi connectivity index (χ0v) is 14.0. The first-order chi connectivity index (χ1) is 8.81. The number of hydrogen-bond donors (Lipinski definition) is 1. The van der Waals surface area contributed by atoms with Gasteiger partial charge in [-0.3, -0.25) is 4.79 Å². The van der Waals surface area contributed by atoms with E-state index < -0.39 is 6.10 Å². The minimum Gasteiger partial charge on any atom is -0.385 e. The quantitative estimate of drug-likeness (QED) is 0.749. The predicted octanol–water partition coefficient (Wildman–Crippen LogP) is 4.68. The molecule has 1 unspecified atom stereocenters. The summed E-state index contributed by atoms with van der Waals surface area (Å²) >= 11 is 0. The van der Waals surface area contributed by atoms with Crippen LogP contribution in [0.1, 0.15) is 68.2 Å². The van der Waals surface area contributed by atoms with Crippen LogP contribution in [0, 0.1) is 5.41 Å². The second-order valence-electron chi connectivity index (χ2n) is 5.21. The Bertz CT molecular complexity index is 322. The topological polar surface area (TPSA) is 37.3 Å². The monoisotopic (exact) mass is 268 g/mol. The molecule has 2 nitrogen and oxygen atoms in total. The lowest BCUT2D eigenvalue weighted by molar-refractivity contribution is -0.125. The van der Waals surface area contributed by atoms with Gasteiger partial charge in [0.1, 0.15) is 6.10 Å². The van der Waals surface area contributed by atoms with E-state index in [1.54, 1.807) is 6.92 Å². The van der Waals surface area contributed by atoms with Crippen LogP contribution in [0.5, 0.6) is 0 Å². The minimum atomic E-state index is -0.820. The van der Waals surface area contributed by atoms with Gasteiger partial charge in [-0.05, 0) is 36.8 Å². The normalized spacial score (nSPS) is 21.5. The van der Waals surface area contributed by atoms with E-state index in [9.17, 15) is 9.90 Å². The van der Waals surface area contributed by atoms with Gasteiger partial charge in [0.2, 0.25) is 0 Å². The first kappa shape index (κ1) is 20.4. The molecule has 1 rings (SSSR count). The number of hydrogen-bond acceptors (Lipinski definition) is 2. The first-order valence-electron chi connectivity index (χ1n) is 7.38. The number of carbonyl (C=O) groups excluding carboxylic acids is 1. The van der Waals surface area contributed by atoms with Crippen molar-refractivity contribution in [3.05, 3.63) is 23.3 Å². The van der Waals surface area contributed by atoms with Gasteiger partial charge in [0.05, 0.1) is 0 Å². The molecule has 0 aromatic rings. The number of aliphatic hydroxyl groups is 1. The molecule has 0 aromatic heterocycles. The Morgan fingerprint density at radius 3 is 2.11 bits per heavy atom. The summed E-state index contributed by atoms with van der Waals surface area (Å²) in [7, 11) is 0. The van der Waals surface area contributed by atoms with Gasteiger partial charge >= 0.3 is 0 Å². The van der Waals surface area contributed by atoms with Gasteiger partial charge < -0.3 is 5.11 Å². The van der Waals surface area contributed by atoms with Crippen molar-refractivity contribution in [1.82, 2.24) is 0 Å². The molecule has 19 heavy (non-hydrogen) atoms. The molecule has 0 radical (unpaired) electrons. The second kappa shape index (κ2) is 9.96. The first-order valence-corrected chi connectivity index (χ1v) is 7.38. The number of allylic oxidation sites excluding steroid dienone is 3. The van der Waals surface area contributed by atoms with Gasteiger partial charge in [-0.15, -0.1) is 0 Å². The molecule has 0 spiro atoms. The van der Waals surface area contributed by atoms with Crippen molar-refractivity contribution >= 4 is 5.78 Å². The number of Topliss-reactive ketones (excluding diaryl/α,β-unsaturated/α-hetero) is 1. The van der Waals surface area contributed by atoms with Crippen LogP contribution in [0.3, 0.4) is 0 Å². The fourth-order valence-electron chi connectivity index (χ4n) is 2.09. The number of aliphatic hydroxyl groups excluding tert-OH is 1. The fourth-order valence-corrected chi connectivity index (χ4v) is 2.09. The summed E-state index contributed by atoms with van der Waals surface area (Å²) in [6.45, 7) is 16.1. The molecule has 0 saturated carbocycles. The van der Waals surface area contributed by atoms with E-state index >= 15 is 0 Å². The molecule has 1 N–H and O–H groups in total. The average molecular weight is 268 g/mol. The van der Waals surface area contributed by atoms with Gasteiger partial charge in [-0.1, -0.05) is 60.1 Å². The lowest BCUT2D eigenvalue weighted by atomic mass is 9.71. The van der Waals surface area contributed by atoms with E-state index in [2.05, 4.69) is 27.7 Å². The molecule has 0 fully saturated rings. The van der Waals surface area contributed by atoms with Crippen LogP contribution in [0.4, 0.5) is 0 Å². The molecule has 2 heteroatoms. The van der Waals surface area contributed by atoms with Crippen molar-refractivity contribution in [3.63, 3.8) is 0 Å². The molecule has 112 valence electrons. The van der Waals surface area contributed by atoms with Crippen LogP contribution in [-0.4, -0.2) is 17.0 Å². The molecule has 0 aromatic carbocycles. The van der Waals surface area contributed by atoms with Crippen molar-refractivity contribution in [2.24, 2.45) is 5.41 Å². The third kappa shape index (κ3) is 6.20. The highest BCUT2D eigenvalue weighted by Gasteiger charge is 2.36. The van der Waals surface area contributed by atoms with Gasteiger partial charge in [-0.2, -0.15) is 0 Å². The highest BCUT2D eigenvalue weighted by atomic mass is 16.3. The van der Waals surface area contributed by atoms with Crippen LogP contribution in [0.2, 0.25) is 0 Å². The van der Waals surface area contributed by atoms with Gasteiger partial charge in [0, 0.05) is 0 Å². The van der Waals surface area contributed by atoms with Crippen LogP contribution in [-0.2, 0) is 4.79 Å². The largest absolute Gasteiger partial charge is 0.385 e. The molecule has 0 bridgehead atoms. The summed E-state index contributed by atoms with van der Waals surface area (Å²) in [4.78, 5) is 11.6. The van der Waals surface area contributed by atoms with E-state index in [4.69, 9.17) is 0 Å². The molecule has 0 heterocycles.